The standard InChI is InChI=1S/C12H8N2O6.K.H2O.H/c15-9-7(8(11(18)19)13-12(20)14-9)5-2-1-3-6(4-5)10(16)17;;;/h1-4H,(H,16,17)(H,18,19)(H2,13,14,15,20);;1H2;/q;+1;;-1. The summed E-state index contributed by atoms with van der Waals surface area (Å²) in [6.07, 6.45) is 0. The van der Waals surface area contributed by atoms with E-state index in [9.17, 15) is 19.2 Å². The smallest absolute Gasteiger partial charge is 1.00 e. The van der Waals surface area contributed by atoms with E-state index in [1.807, 2.05) is 9.97 Å². The number of carboxylic acids is 2. The monoisotopic (exact) mass is 334 g/mol. The molecule has 9 nitrogen and oxygen atoms in total. The molecule has 0 aliphatic carbocycles. The van der Waals surface area contributed by atoms with Crippen LogP contribution in [0, 0.1) is 0 Å². The Kier molecular flexibility index (Phi) is 7.59. The van der Waals surface area contributed by atoms with Crippen LogP contribution < -0.4 is 62.6 Å². The van der Waals surface area contributed by atoms with Crippen molar-refractivity contribution in [2.75, 3.05) is 0 Å². The number of hydrogen-bond donors (Lipinski definition) is 4. The molecule has 2 aromatic rings. The summed E-state index contributed by atoms with van der Waals surface area (Å²) in [5, 5.41) is 17.9. The molecule has 0 radical (unpaired) electrons. The average molecular weight is 334 g/mol. The maximum Gasteiger partial charge on any atom is 1.00 e. The van der Waals surface area contributed by atoms with Gasteiger partial charge in [-0.15, -0.1) is 0 Å². The van der Waals surface area contributed by atoms with E-state index in [-0.39, 0.29) is 75.0 Å². The number of aromatic nitrogens is 2. The van der Waals surface area contributed by atoms with Gasteiger partial charge in [0.05, 0.1) is 11.1 Å². The van der Waals surface area contributed by atoms with E-state index in [0.717, 1.165) is 6.07 Å². The quantitative estimate of drug-likeness (QED) is 0.422. The van der Waals surface area contributed by atoms with Gasteiger partial charge in [-0.1, -0.05) is 12.1 Å². The number of aromatic carboxylic acids is 2. The van der Waals surface area contributed by atoms with Crippen molar-refractivity contribution in [3.05, 3.63) is 56.4 Å². The minimum Gasteiger partial charge on any atom is -1.00 e. The van der Waals surface area contributed by atoms with Gasteiger partial charge in [0.2, 0.25) is 0 Å². The molecule has 0 saturated carbocycles. The summed E-state index contributed by atoms with van der Waals surface area (Å²) in [5.41, 5.74) is -2.79. The van der Waals surface area contributed by atoms with Gasteiger partial charge in [0.25, 0.3) is 5.56 Å². The fourth-order valence-corrected chi connectivity index (χ4v) is 1.73. The second kappa shape index (κ2) is 8.17. The van der Waals surface area contributed by atoms with Gasteiger partial charge in [-0.3, -0.25) is 9.78 Å². The molecule has 112 valence electrons. The molecule has 1 aromatic heterocycles. The first-order valence-corrected chi connectivity index (χ1v) is 5.34. The third-order valence-electron chi connectivity index (χ3n) is 2.55. The first-order chi connectivity index (χ1) is 9.40. The average Bonchev–Trinajstić information content (AvgIpc) is 2.37. The Morgan fingerprint density at radius 2 is 1.68 bits per heavy atom. The van der Waals surface area contributed by atoms with Gasteiger partial charge in [-0.05, 0) is 17.7 Å². The molecule has 1 aromatic carbocycles. The van der Waals surface area contributed by atoms with Gasteiger partial charge in [-0.25, -0.2) is 14.4 Å². The third-order valence-corrected chi connectivity index (χ3v) is 2.55. The van der Waals surface area contributed by atoms with Crippen LogP contribution in [0.15, 0.2) is 33.9 Å². The van der Waals surface area contributed by atoms with Gasteiger partial charge >= 0.3 is 69.0 Å². The van der Waals surface area contributed by atoms with Crippen LogP contribution >= 0.6 is 0 Å². The van der Waals surface area contributed by atoms with Crippen molar-refractivity contribution in [2.24, 2.45) is 0 Å². The molecule has 0 atom stereocenters. The fraction of sp³-hybridized carbons (Fsp3) is 0. The number of hydrogen-bond acceptors (Lipinski definition) is 4. The van der Waals surface area contributed by atoms with Crippen LogP contribution in [-0.4, -0.2) is 37.6 Å². The Morgan fingerprint density at radius 3 is 2.23 bits per heavy atom. The molecular formula is C12H11KN2O7. The van der Waals surface area contributed by atoms with Crippen molar-refractivity contribution >= 4 is 11.9 Å². The summed E-state index contributed by atoms with van der Waals surface area (Å²) >= 11 is 0. The van der Waals surface area contributed by atoms with Crippen LogP contribution in [0.3, 0.4) is 0 Å². The van der Waals surface area contributed by atoms with Gasteiger partial charge in [-0.2, -0.15) is 0 Å². The van der Waals surface area contributed by atoms with E-state index in [4.69, 9.17) is 10.2 Å². The Bertz CT molecular complexity index is 831. The fourth-order valence-electron chi connectivity index (χ4n) is 1.73. The SMILES string of the molecule is O.O=C(O)c1cccc(-c2c(C(=O)O)[nH]c(=O)[nH]c2=O)c1.[H-].[K+]. The van der Waals surface area contributed by atoms with Gasteiger partial charge in [0.15, 0.2) is 0 Å². The normalized spacial score (nSPS) is 9.27. The second-order valence-corrected chi connectivity index (χ2v) is 3.85. The van der Waals surface area contributed by atoms with E-state index in [1.165, 1.54) is 18.2 Å². The number of H-pyrrole nitrogens is 2. The zero-order chi connectivity index (χ0) is 14.9. The number of carbonyl (C=O) groups is 2. The summed E-state index contributed by atoms with van der Waals surface area (Å²) in [6, 6.07) is 5.19. The Hall–Kier alpha value is -1.56. The molecule has 0 fully saturated rings. The van der Waals surface area contributed by atoms with Gasteiger partial charge in [0, 0.05) is 0 Å². The first kappa shape index (κ1) is 20.4. The minimum absolute atomic E-state index is 0. The zero-order valence-corrected chi connectivity index (χ0v) is 14.5. The van der Waals surface area contributed by atoms with E-state index in [2.05, 4.69) is 0 Å². The molecule has 0 amide bonds. The molecule has 10 heteroatoms. The topological polar surface area (TPSA) is 172 Å². The van der Waals surface area contributed by atoms with E-state index in [0.29, 0.717) is 0 Å². The van der Waals surface area contributed by atoms with E-state index < -0.39 is 28.9 Å². The van der Waals surface area contributed by atoms with E-state index >= 15 is 0 Å². The molecule has 6 N–H and O–H groups in total. The Labute approximate surface area is 166 Å². The summed E-state index contributed by atoms with van der Waals surface area (Å²) in [4.78, 5) is 48.7. The molecule has 1 heterocycles. The maximum atomic E-state index is 11.8. The summed E-state index contributed by atoms with van der Waals surface area (Å²) in [7, 11) is 0. The van der Waals surface area contributed by atoms with Crippen molar-refractivity contribution in [1.29, 1.82) is 0 Å². The van der Waals surface area contributed by atoms with Crippen LogP contribution in [-0.2, 0) is 0 Å². The molecule has 22 heavy (non-hydrogen) atoms. The van der Waals surface area contributed by atoms with Crippen LogP contribution in [0.4, 0.5) is 0 Å². The predicted molar refractivity (Wildman–Crippen MR) is 71.8 cm³/mol. The van der Waals surface area contributed by atoms with Gasteiger partial charge < -0.3 is 22.1 Å². The second-order valence-electron chi connectivity index (χ2n) is 3.85. The molecule has 0 aliphatic heterocycles. The summed E-state index contributed by atoms with van der Waals surface area (Å²) in [5.74, 6) is -2.71. The molecule has 0 spiro atoms. The zero-order valence-electron chi connectivity index (χ0n) is 12.3. The van der Waals surface area contributed by atoms with Crippen LogP contribution in [0.2, 0.25) is 0 Å². The predicted octanol–water partition coefficient (Wildman–Crippen LogP) is -3.58. The molecular weight excluding hydrogens is 323 g/mol. The van der Waals surface area contributed by atoms with Crippen molar-refractivity contribution in [1.82, 2.24) is 9.97 Å². The first-order valence-electron chi connectivity index (χ1n) is 5.34. The number of benzene rings is 1. The van der Waals surface area contributed by atoms with Crippen molar-refractivity contribution < 1.29 is 78.1 Å². The minimum atomic E-state index is -1.50. The molecule has 2 rings (SSSR count). The van der Waals surface area contributed by atoms with Crippen molar-refractivity contribution in [2.45, 2.75) is 0 Å². The van der Waals surface area contributed by atoms with E-state index in [1.54, 1.807) is 0 Å². The Morgan fingerprint density at radius 1 is 1.05 bits per heavy atom. The Balaban J connectivity index is 0. The molecule has 0 bridgehead atoms. The number of nitrogens with one attached hydrogen (secondary N) is 2. The number of aromatic amines is 2. The number of rotatable bonds is 3. The van der Waals surface area contributed by atoms with Crippen molar-refractivity contribution in [3.63, 3.8) is 0 Å². The molecule has 0 aliphatic rings. The molecule has 0 saturated heterocycles. The van der Waals surface area contributed by atoms with Gasteiger partial charge in [0.1, 0.15) is 5.69 Å². The largest absolute Gasteiger partial charge is 1.00 e. The van der Waals surface area contributed by atoms with Crippen LogP contribution in [0.1, 0.15) is 22.3 Å². The molecule has 0 unspecified atom stereocenters. The maximum absolute atomic E-state index is 11.8. The van der Waals surface area contributed by atoms with Crippen LogP contribution in [0.5, 0.6) is 0 Å². The summed E-state index contributed by atoms with van der Waals surface area (Å²) in [6.45, 7) is 0. The van der Waals surface area contributed by atoms with Crippen molar-refractivity contribution in [3.8, 4) is 11.1 Å². The van der Waals surface area contributed by atoms with Crippen LogP contribution in [0.25, 0.3) is 11.1 Å². The number of carboxylic acid groups (broad SMARTS) is 2. The third kappa shape index (κ3) is 4.22. The summed E-state index contributed by atoms with van der Waals surface area (Å²) < 4.78 is 0.